The minimum absolute atomic E-state index is 0.0830. The molecule has 31 heavy (non-hydrogen) atoms. The van der Waals surface area contributed by atoms with Crippen LogP contribution in [0.2, 0.25) is 0 Å². The molecule has 6 nitrogen and oxygen atoms in total. The predicted octanol–water partition coefficient (Wildman–Crippen LogP) is 3.94. The van der Waals surface area contributed by atoms with E-state index in [0.29, 0.717) is 5.69 Å². The lowest BCUT2D eigenvalue weighted by atomic mass is 9.79. The van der Waals surface area contributed by atoms with E-state index in [4.69, 9.17) is 0 Å². The van der Waals surface area contributed by atoms with Gasteiger partial charge in [0.2, 0.25) is 11.8 Å². The second-order valence-corrected chi connectivity index (χ2v) is 10.2. The van der Waals surface area contributed by atoms with Crippen LogP contribution in [-0.2, 0) is 14.4 Å². The highest BCUT2D eigenvalue weighted by Gasteiger charge is 2.66. The lowest BCUT2D eigenvalue weighted by Gasteiger charge is -2.35. The van der Waals surface area contributed by atoms with Crippen molar-refractivity contribution < 1.29 is 14.4 Å². The topological polar surface area (TPSA) is 70.0 Å². The fraction of sp³-hybridized carbons (Fsp3) is 0.333. The summed E-state index contributed by atoms with van der Waals surface area (Å²) < 4.78 is 0.859. The van der Waals surface area contributed by atoms with Gasteiger partial charge in [0.15, 0.2) is 5.78 Å². The van der Waals surface area contributed by atoms with E-state index in [9.17, 15) is 14.4 Å². The van der Waals surface area contributed by atoms with Crippen LogP contribution in [0.15, 0.2) is 58.1 Å². The summed E-state index contributed by atoms with van der Waals surface area (Å²) in [5, 5.41) is 6.28. The fourth-order valence-corrected chi connectivity index (χ4v) is 5.22. The number of ketones is 1. The predicted molar refractivity (Wildman–Crippen MR) is 120 cm³/mol. The molecule has 0 bridgehead atoms. The molecule has 0 N–H and O–H groups in total. The lowest BCUT2D eigenvalue weighted by Crippen LogP contribution is -2.48. The summed E-state index contributed by atoms with van der Waals surface area (Å²) in [6.45, 7) is 5.52. The van der Waals surface area contributed by atoms with Crippen LogP contribution in [0.5, 0.6) is 0 Å². The number of fused-ring (bicyclic) bond motifs is 5. The molecule has 0 saturated carbocycles. The Kier molecular flexibility index (Phi) is 4.45. The van der Waals surface area contributed by atoms with Crippen LogP contribution in [0.25, 0.3) is 0 Å². The van der Waals surface area contributed by atoms with Crippen LogP contribution < -0.4 is 4.90 Å². The highest BCUT2D eigenvalue weighted by molar-refractivity contribution is 9.10. The summed E-state index contributed by atoms with van der Waals surface area (Å²) >= 11 is 3.39. The third kappa shape index (κ3) is 2.90. The third-order valence-corrected chi connectivity index (χ3v) is 6.91. The van der Waals surface area contributed by atoms with E-state index in [2.05, 4.69) is 21.0 Å². The zero-order valence-corrected chi connectivity index (χ0v) is 19.0. The van der Waals surface area contributed by atoms with Gasteiger partial charge in [-0.3, -0.25) is 19.4 Å². The van der Waals surface area contributed by atoms with E-state index in [-0.39, 0.29) is 17.6 Å². The number of rotatable bonds is 2. The summed E-state index contributed by atoms with van der Waals surface area (Å²) in [6.07, 6.45) is 1.72. The zero-order chi connectivity index (χ0) is 22.1. The van der Waals surface area contributed by atoms with Crippen LogP contribution in [0, 0.1) is 17.3 Å². The Morgan fingerprint density at radius 3 is 2.29 bits per heavy atom. The first-order valence-corrected chi connectivity index (χ1v) is 11.1. The minimum Gasteiger partial charge on any atom is -0.297 e. The van der Waals surface area contributed by atoms with E-state index < -0.39 is 29.3 Å². The van der Waals surface area contributed by atoms with Crippen LogP contribution in [0.1, 0.15) is 37.9 Å². The Balaban J connectivity index is 1.66. The van der Waals surface area contributed by atoms with Gasteiger partial charge in [-0.15, -0.1) is 0 Å². The number of benzene rings is 2. The van der Waals surface area contributed by atoms with E-state index in [0.717, 1.165) is 15.6 Å². The number of carbonyl (C=O) groups is 3. The zero-order valence-electron chi connectivity index (χ0n) is 17.4. The maximum Gasteiger partial charge on any atom is 0.240 e. The summed E-state index contributed by atoms with van der Waals surface area (Å²) in [6, 6.07) is 13.6. The maximum atomic E-state index is 13.7. The first-order valence-electron chi connectivity index (χ1n) is 10.3. The second-order valence-electron chi connectivity index (χ2n) is 9.30. The Morgan fingerprint density at radius 1 is 0.968 bits per heavy atom. The molecule has 0 unspecified atom stereocenters. The molecule has 2 amide bonds. The van der Waals surface area contributed by atoms with Gasteiger partial charge in [0.1, 0.15) is 6.04 Å². The number of halogens is 1. The molecular weight excluding hydrogens is 458 g/mol. The smallest absolute Gasteiger partial charge is 0.240 e. The first kappa shape index (κ1) is 20.1. The molecular formula is C24H22BrN3O3. The van der Waals surface area contributed by atoms with Crippen molar-refractivity contribution in [1.82, 2.24) is 5.01 Å². The molecule has 5 rings (SSSR count). The van der Waals surface area contributed by atoms with Gasteiger partial charge in [-0.1, -0.05) is 61.0 Å². The normalized spacial score (nSPS) is 26.7. The number of imide groups is 1. The standard InChI is InChI=1S/C24H22BrN3O3/c1-24(2,3)21(29)20-18-17(19-16-7-5-4-6-13(16)12-26-28(19)20)22(30)27(23(18)31)15-10-8-14(25)9-11-15/h4-12,17-20H,1-3H3/t17-,18-,19+,20+/m0/s1. The van der Waals surface area contributed by atoms with E-state index in [1.165, 1.54) is 4.90 Å². The number of Topliss-reactive ketones (excluding diaryl/α,β-unsaturated/α-hetero) is 1. The summed E-state index contributed by atoms with van der Waals surface area (Å²) in [5.41, 5.74) is 1.68. The van der Waals surface area contributed by atoms with Crippen molar-refractivity contribution in [1.29, 1.82) is 0 Å². The molecule has 2 fully saturated rings. The molecule has 7 heteroatoms. The summed E-state index contributed by atoms with van der Waals surface area (Å²) in [5.74, 6) is -2.12. The van der Waals surface area contributed by atoms with Crippen LogP contribution in [-0.4, -0.2) is 34.9 Å². The van der Waals surface area contributed by atoms with Crippen LogP contribution in [0.3, 0.4) is 0 Å². The molecule has 2 saturated heterocycles. The van der Waals surface area contributed by atoms with Gasteiger partial charge in [0.25, 0.3) is 0 Å². The SMILES string of the molecule is CC(C)(C)C(=O)[C@H]1[C@H]2C(=O)N(c3ccc(Br)cc3)C(=O)[C@@H]2[C@H]2c3ccccc3C=NN21. The fourth-order valence-electron chi connectivity index (χ4n) is 4.96. The Morgan fingerprint density at radius 2 is 1.61 bits per heavy atom. The van der Waals surface area contributed by atoms with Crippen molar-refractivity contribution in [3.05, 3.63) is 64.1 Å². The van der Waals surface area contributed by atoms with Gasteiger partial charge in [0.05, 0.1) is 29.8 Å². The van der Waals surface area contributed by atoms with E-state index >= 15 is 0 Å². The first-order chi connectivity index (χ1) is 14.7. The van der Waals surface area contributed by atoms with Gasteiger partial charge in [0, 0.05) is 9.89 Å². The quantitative estimate of drug-likeness (QED) is 0.611. The Hall–Kier alpha value is -2.80. The monoisotopic (exact) mass is 479 g/mol. The lowest BCUT2D eigenvalue weighted by molar-refractivity contribution is -0.136. The molecule has 3 aliphatic rings. The number of hydrogen-bond donors (Lipinski definition) is 0. The number of hydrazone groups is 1. The van der Waals surface area contributed by atoms with Crippen molar-refractivity contribution in [2.45, 2.75) is 32.9 Å². The maximum absolute atomic E-state index is 13.7. The third-order valence-electron chi connectivity index (χ3n) is 6.39. The van der Waals surface area contributed by atoms with Crippen molar-refractivity contribution >= 4 is 45.4 Å². The van der Waals surface area contributed by atoms with E-state index in [1.807, 2.05) is 45.0 Å². The van der Waals surface area contributed by atoms with Crippen LogP contribution in [0.4, 0.5) is 5.69 Å². The molecule has 0 aliphatic carbocycles. The molecule has 158 valence electrons. The average Bonchev–Trinajstić information content (AvgIpc) is 3.20. The van der Waals surface area contributed by atoms with Crippen molar-refractivity contribution in [3.63, 3.8) is 0 Å². The second kappa shape index (κ2) is 6.85. The molecule has 2 aromatic rings. The molecule has 0 aromatic heterocycles. The number of anilines is 1. The van der Waals surface area contributed by atoms with Gasteiger partial charge >= 0.3 is 0 Å². The Bertz CT molecular complexity index is 1140. The molecule has 2 aromatic carbocycles. The molecule has 0 spiro atoms. The number of hydrogen-bond acceptors (Lipinski definition) is 5. The van der Waals surface area contributed by atoms with Crippen LogP contribution >= 0.6 is 15.9 Å². The highest BCUT2D eigenvalue weighted by atomic mass is 79.9. The number of amides is 2. The molecule has 3 aliphatic heterocycles. The number of carbonyl (C=O) groups excluding carboxylic acids is 3. The Labute approximate surface area is 189 Å². The van der Waals surface area contributed by atoms with Gasteiger partial charge < -0.3 is 0 Å². The molecule has 3 heterocycles. The number of nitrogens with zero attached hydrogens (tertiary/aromatic N) is 3. The minimum atomic E-state index is -0.781. The molecule has 0 radical (unpaired) electrons. The van der Waals surface area contributed by atoms with Crippen molar-refractivity contribution in [2.75, 3.05) is 4.90 Å². The molecule has 4 atom stereocenters. The van der Waals surface area contributed by atoms with Gasteiger partial charge in [-0.25, -0.2) is 4.90 Å². The highest BCUT2D eigenvalue weighted by Crippen LogP contribution is 2.53. The van der Waals surface area contributed by atoms with E-state index in [1.54, 1.807) is 35.5 Å². The largest absolute Gasteiger partial charge is 0.297 e. The summed E-state index contributed by atoms with van der Waals surface area (Å²) in [7, 11) is 0. The van der Waals surface area contributed by atoms with Gasteiger partial charge in [-0.05, 0) is 35.4 Å². The van der Waals surface area contributed by atoms with Gasteiger partial charge in [-0.2, -0.15) is 5.10 Å². The van der Waals surface area contributed by atoms with Crippen molar-refractivity contribution in [3.8, 4) is 0 Å². The summed E-state index contributed by atoms with van der Waals surface area (Å²) in [4.78, 5) is 42.1. The average molecular weight is 480 g/mol. The van der Waals surface area contributed by atoms with Crippen molar-refractivity contribution in [2.24, 2.45) is 22.4 Å².